The molecule has 0 amide bonds. The number of halogens is 1. The number of hydrogen-bond acceptors (Lipinski definition) is 2. The molecule has 0 unspecified atom stereocenters. The molecule has 0 bridgehead atoms. The van der Waals surface area contributed by atoms with E-state index in [0.717, 1.165) is 10.6 Å². The number of hydrogen-bond donors (Lipinski definition) is 1. The van der Waals surface area contributed by atoms with Gasteiger partial charge in [0.15, 0.2) is 0 Å². The molecule has 84 valence electrons. The van der Waals surface area contributed by atoms with Crippen LogP contribution in [0.1, 0.15) is 19.9 Å². The maximum absolute atomic E-state index is 13.0. The molecule has 0 aliphatic carbocycles. The molecule has 0 aliphatic heterocycles. The number of aromatic nitrogens is 2. The van der Waals surface area contributed by atoms with E-state index in [4.69, 9.17) is 0 Å². The maximum Gasteiger partial charge on any atom is 0.329 e. The van der Waals surface area contributed by atoms with Crippen LogP contribution in [0.15, 0.2) is 27.8 Å². The van der Waals surface area contributed by atoms with Crippen molar-refractivity contribution in [3.05, 3.63) is 44.9 Å². The Kier molecular flexibility index (Phi) is 2.38. The van der Waals surface area contributed by atoms with Gasteiger partial charge in [-0.3, -0.25) is 9.36 Å². The minimum atomic E-state index is -0.494. The van der Waals surface area contributed by atoms with Crippen LogP contribution in [0.2, 0.25) is 0 Å². The van der Waals surface area contributed by atoms with E-state index in [2.05, 4.69) is 4.98 Å². The van der Waals surface area contributed by atoms with E-state index < -0.39 is 17.1 Å². The number of aromatic amines is 1. The fourth-order valence-corrected chi connectivity index (χ4v) is 1.67. The molecule has 2 rings (SSSR count). The van der Waals surface area contributed by atoms with E-state index in [1.807, 2.05) is 0 Å². The van der Waals surface area contributed by atoms with Crippen LogP contribution in [-0.4, -0.2) is 9.55 Å². The average molecular weight is 222 g/mol. The van der Waals surface area contributed by atoms with E-state index in [1.165, 1.54) is 12.1 Å². The van der Waals surface area contributed by atoms with Crippen molar-refractivity contribution in [1.29, 1.82) is 0 Å². The molecular weight excluding hydrogens is 211 g/mol. The topological polar surface area (TPSA) is 54.9 Å². The van der Waals surface area contributed by atoms with Gasteiger partial charge in [0.1, 0.15) is 5.82 Å². The Balaban J connectivity index is 2.97. The van der Waals surface area contributed by atoms with Crippen LogP contribution in [-0.2, 0) is 0 Å². The lowest BCUT2D eigenvalue weighted by atomic mass is 10.2. The number of H-pyrrole nitrogens is 1. The molecule has 0 aliphatic rings. The van der Waals surface area contributed by atoms with Gasteiger partial charge in [-0.15, -0.1) is 0 Å². The van der Waals surface area contributed by atoms with E-state index >= 15 is 0 Å². The summed E-state index contributed by atoms with van der Waals surface area (Å²) in [5.41, 5.74) is -0.583. The second-order valence-corrected chi connectivity index (χ2v) is 3.89. The third-order valence-electron chi connectivity index (χ3n) is 2.41. The van der Waals surface area contributed by atoms with Gasteiger partial charge in [0, 0.05) is 6.04 Å². The highest BCUT2D eigenvalue weighted by Gasteiger charge is 2.10. The summed E-state index contributed by atoms with van der Waals surface area (Å²) in [4.78, 5) is 26.1. The summed E-state index contributed by atoms with van der Waals surface area (Å²) in [5, 5.41) is 0.188. The summed E-state index contributed by atoms with van der Waals surface area (Å²) in [5.74, 6) is -0.494. The maximum atomic E-state index is 13.0. The molecule has 1 aromatic heterocycles. The first-order chi connectivity index (χ1) is 7.50. The second kappa shape index (κ2) is 3.59. The van der Waals surface area contributed by atoms with E-state index in [-0.39, 0.29) is 11.4 Å². The van der Waals surface area contributed by atoms with E-state index in [0.29, 0.717) is 5.52 Å². The van der Waals surface area contributed by atoms with Crippen molar-refractivity contribution in [2.75, 3.05) is 0 Å². The van der Waals surface area contributed by atoms with Crippen LogP contribution >= 0.6 is 0 Å². The van der Waals surface area contributed by atoms with Gasteiger partial charge in [-0.05, 0) is 32.0 Å². The molecule has 0 atom stereocenters. The lowest BCUT2D eigenvalue weighted by molar-refractivity contribution is 0.551. The fraction of sp³-hybridized carbons (Fsp3) is 0.273. The van der Waals surface area contributed by atoms with Crippen LogP contribution in [0.5, 0.6) is 0 Å². The fourth-order valence-electron chi connectivity index (χ4n) is 1.67. The van der Waals surface area contributed by atoms with Crippen molar-refractivity contribution in [2.45, 2.75) is 19.9 Å². The number of rotatable bonds is 1. The van der Waals surface area contributed by atoms with Gasteiger partial charge >= 0.3 is 5.69 Å². The Labute approximate surface area is 90.3 Å². The third-order valence-corrected chi connectivity index (χ3v) is 2.41. The molecule has 16 heavy (non-hydrogen) atoms. The van der Waals surface area contributed by atoms with Gasteiger partial charge in [0.2, 0.25) is 0 Å². The van der Waals surface area contributed by atoms with Gasteiger partial charge in [0.25, 0.3) is 5.56 Å². The van der Waals surface area contributed by atoms with Crippen molar-refractivity contribution in [1.82, 2.24) is 9.55 Å². The number of nitrogens with one attached hydrogen (secondary N) is 1. The lowest BCUT2D eigenvalue weighted by Crippen LogP contribution is -2.36. The van der Waals surface area contributed by atoms with Crippen molar-refractivity contribution in [3.8, 4) is 0 Å². The molecule has 0 radical (unpaired) electrons. The normalized spacial score (nSPS) is 11.2. The lowest BCUT2D eigenvalue weighted by Gasteiger charge is -2.09. The third kappa shape index (κ3) is 1.54. The van der Waals surface area contributed by atoms with Gasteiger partial charge in [-0.1, -0.05) is 0 Å². The van der Waals surface area contributed by atoms with Crippen LogP contribution in [0, 0.1) is 5.82 Å². The highest BCUT2D eigenvalue weighted by Crippen LogP contribution is 2.08. The molecule has 1 heterocycles. The molecule has 5 heteroatoms. The first-order valence-corrected chi connectivity index (χ1v) is 4.95. The number of nitrogens with zero attached hydrogens (tertiary/aromatic N) is 1. The molecule has 2 aromatic rings. The predicted molar refractivity (Wildman–Crippen MR) is 59.2 cm³/mol. The smallest absolute Gasteiger partial charge is 0.307 e. The van der Waals surface area contributed by atoms with Gasteiger partial charge in [-0.25, -0.2) is 9.18 Å². The van der Waals surface area contributed by atoms with Gasteiger partial charge < -0.3 is 4.98 Å². The monoisotopic (exact) mass is 222 g/mol. The van der Waals surface area contributed by atoms with Crippen molar-refractivity contribution in [3.63, 3.8) is 0 Å². The number of benzene rings is 1. The van der Waals surface area contributed by atoms with Gasteiger partial charge in [0.05, 0.1) is 10.9 Å². The first kappa shape index (κ1) is 10.6. The predicted octanol–water partition coefficient (Wildman–Crippen LogP) is 1.41. The molecule has 1 N–H and O–H groups in total. The standard InChI is InChI=1S/C11H11FN2O2/c1-6(2)14-10(15)8-5-7(12)3-4-9(8)13-11(14)16/h3-6H,1-2H3,(H,13,16). The molecule has 0 spiro atoms. The largest absolute Gasteiger partial charge is 0.329 e. The molecule has 0 fully saturated rings. The summed E-state index contributed by atoms with van der Waals surface area (Å²) >= 11 is 0. The minimum absolute atomic E-state index is 0.188. The van der Waals surface area contributed by atoms with Gasteiger partial charge in [-0.2, -0.15) is 0 Å². The first-order valence-electron chi connectivity index (χ1n) is 4.95. The zero-order valence-electron chi connectivity index (χ0n) is 8.95. The van der Waals surface area contributed by atoms with Crippen molar-refractivity contribution < 1.29 is 4.39 Å². The van der Waals surface area contributed by atoms with Crippen LogP contribution in [0.25, 0.3) is 10.9 Å². The van der Waals surface area contributed by atoms with Crippen LogP contribution < -0.4 is 11.2 Å². The zero-order chi connectivity index (χ0) is 11.9. The summed E-state index contributed by atoms with van der Waals surface area (Å²) in [7, 11) is 0. The molecule has 1 aromatic carbocycles. The Hall–Kier alpha value is -1.91. The molecular formula is C11H11FN2O2. The summed E-state index contributed by atoms with van der Waals surface area (Å²) in [6.45, 7) is 3.45. The second-order valence-electron chi connectivity index (χ2n) is 3.89. The van der Waals surface area contributed by atoms with Crippen molar-refractivity contribution >= 4 is 10.9 Å². The minimum Gasteiger partial charge on any atom is -0.307 e. The van der Waals surface area contributed by atoms with E-state index in [9.17, 15) is 14.0 Å². The number of fused-ring (bicyclic) bond motifs is 1. The molecule has 0 saturated carbocycles. The van der Waals surface area contributed by atoms with E-state index in [1.54, 1.807) is 13.8 Å². The Bertz CT molecular complexity index is 655. The summed E-state index contributed by atoms with van der Waals surface area (Å²) < 4.78 is 14.1. The Morgan fingerprint density at radius 2 is 2.00 bits per heavy atom. The summed E-state index contributed by atoms with van der Waals surface area (Å²) in [6.07, 6.45) is 0. The average Bonchev–Trinajstić information content (AvgIpc) is 2.19. The Morgan fingerprint density at radius 1 is 1.31 bits per heavy atom. The summed E-state index contributed by atoms with van der Waals surface area (Å²) in [6, 6.07) is 3.46. The molecule has 4 nitrogen and oxygen atoms in total. The molecule has 0 saturated heterocycles. The zero-order valence-corrected chi connectivity index (χ0v) is 8.95. The van der Waals surface area contributed by atoms with Crippen molar-refractivity contribution in [2.24, 2.45) is 0 Å². The highest BCUT2D eigenvalue weighted by atomic mass is 19.1. The SMILES string of the molecule is CC(C)n1c(=O)[nH]c2ccc(F)cc2c1=O. The Morgan fingerprint density at radius 3 is 2.62 bits per heavy atom. The quantitative estimate of drug-likeness (QED) is 0.793. The van der Waals surface area contributed by atoms with Crippen LogP contribution in [0.4, 0.5) is 4.39 Å². The highest BCUT2D eigenvalue weighted by molar-refractivity contribution is 5.77. The van der Waals surface area contributed by atoms with Crippen LogP contribution in [0.3, 0.4) is 0 Å².